The summed E-state index contributed by atoms with van der Waals surface area (Å²) in [5.74, 6) is -7.02. The molecule has 6 N–H and O–H groups in total. The lowest BCUT2D eigenvalue weighted by atomic mass is 9.58. The van der Waals surface area contributed by atoms with Crippen molar-refractivity contribution >= 4 is 23.3 Å². The van der Waals surface area contributed by atoms with Crippen molar-refractivity contribution in [3.05, 3.63) is 75.8 Å². The number of fused-ring (bicyclic) bond motifs is 3. The van der Waals surface area contributed by atoms with E-state index in [1.807, 2.05) is 0 Å². The molecule has 0 radical (unpaired) electrons. The number of carbonyl (C=O) groups is 4. The minimum atomic E-state index is -2.68. The highest BCUT2D eigenvalue weighted by atomic mass is 16.3. The van der Waals surface area contributed by atoms with Gasteiger partial charge in [-0.3, -0.25) is 24.1 Å². The molecule has 1 amide bonds. The van der Waals surface area contributed by atoms with E-state index < -0.39 is 58.0 Å². The van der Waals surface area contributed by atoms with Crippen LogP contribution >= 0.6 is 0 Å². The second-order valence-corrected chi connectivity index (χ2v) is 10.6. The molecule has 3 aliphatic carbocycles. The molecule has 2 aromatic carbocycles. The highest BCUT2D eigenvalue weighted by molar-refractivity contribution is 6.25. The number of aliphatic hydroxyl groups is 3. The number of likely N-dealkylation sites (N-methyl/N-ethyl adjacent to an activating group) is 1. The van der Waals surface area contributed by atoms with E-state index in [2.05, 4.69) is 0 Å². The molecule has 39 heavy (non-hydrogen) atoms. The van der Waals surface area contributed by atoms with Crippen LogP contribution in [-0.2, 0) is 16.0 Å². The van der Waals surface area contributed by atoms with Gasteiger partial charge in [0.2, 0.25) is 5.78 Å². The minimum Gasteiger partial charge on any atom is -0.510 e. The highest BCUT2D eigenvalue weighted by Gasteiger charge is 2.63. The molecule has 0 aliphatic heterocycles. The van der Waals surface area contributed by atoms with Gasteiger partial charge in [-0.05, 0) is 62.5 Å². The summed E-state index contributed by atoms with van der Waals surface area (Å²) in [6.07, 6.45) is 0.177. The number of phenolic OH excluding ortho intramolecular Hbond substituents is 1. The fraction of sp³-hybridized carbons (Fsp3) is 0.310. The van der Waals surface area contributed by atoms with Crippen molar-refractivity contribution in [2.24, 2.45) is 17.6 Å². The number of hydrogen-bond acceptors (Lipinski definition) is 9. The first-order valence-corrected chi connectivity index (χ1v) is 12.4. The second kappa shape index (κ2) is 8.89. The zero-order chi connectivity index (χ0) is 28.5. The molecule has 5 rings (SSSR count). The Morgan fingerprint density at radius 3 is 2.23 bits per heavy atom. The van der Waals surface area contributed by atoms with E-state index in [-0.39, 0.29) is 35.5 Å². The van der Waals surface area contributed by atoms with Gasteiger partial charge < -0.3 is 26.2 Å². The van der Waals surface area contributed by atoms with Crippen LogP contribution in [0.3, 0.4) is 0 Å². The summed E-state index contributed by atoms with van der Waals surface area (Å²) in [4.78, 5) is 52.5. The molecule has 0 saturated heterocycles. The Hall–Kier alpha value is -4.28. The lowest BCUT2D eigenvalue weighted by Crippen LogP contribution is -2.63. The van der Waals surface area contributed by atoms with Gasteiger partial charge in [0.15, 0.2) is 17.2 Å². The van der Waals surface area contributed by atoms with Crippen LogP contribution in [0.5, 0.6) is 5.75 Å². The predicted molar refractivity (Wildman–Crippen MR) is 139 cm³/mol. The van der Waals surface area contributed by atoms with Gasteiger partial charge in [0, 0.05) is 17.1 Å². The van der Waals surface area contributed by atoms with Crippen LogP contribution in [0.1, 0.15) is 39.6 Å². The Morgan fingerprint density at radius 1 is 1.03 bits per heavy atom. The Kier molecular flexibility index (Phi) is 6.00. The first-order valence-electron chi connectivity index (χ1n) is 12.4. The number of rotatable bonds is 4. The van der Waals surface area contributed by atoms with Crippen molar-refractivity contribution < 1.29 is 39.6 Å². The number of phenols is 1. The van der Waals surface area contributed by atoms with Crippen LogP contribution < -0.4 is 5.73 Å². The van der Waals surface area contributed by atoms with E-state index in [4.69, 9.17) is 5.73 Å². The van der Waals surface area contributed by atoms with Gasteiger partial charge in [-0.1, -0.05) is 30.3 Å². The number of primary amides is 1. The number of benzene rings is 2. The van der Waals surface area contributed by atoms with Crippen molar-refractivity contribution in [3.8, 4) is 16.9 Å². The first kappa shape index (κ1) is 26.3. The summed E-state index contributed by atoms with van der Waals surface area (Å²) in [5, 5.41) is 44.6. The van der Waals surface area contributed by atoms with Crippen LogP contribution in [0.15, 0.2) is 59.1 Å². The average molecular weight is 533 g/mol. The van der Waals surface area contributed by atoms with Crippen LogP contribution in [0.4, 0.5) is 0 Å². The van der Waals surface area contributed by atoms with Gasteiger partial charge in [-0.2, -0.15) is 0 Å². The summed E-state index contributed by atoms with van der Waals surface area (Å²) in [5.41, 5.74) is 3.94. The highest BCUT2D eigenvalue weighted by Crippen LogP contribution is 2.53. The van der Waals surface area contributed by atoms with E-state index in [9.17, 15) is 39.6 Å². The Balaban J connectivity index is 1.70. The number of nitrogens with two attached hydrogens (primary N) is 1. The number of hydrogen-bond donors (Lipinski definition) is 5. The summed E-state index contributed by atoms with van der Waals surface area (Å²) >= 11 is 0. The van der Waals surface area contributed by atoms with E-state index in [1.165, 1.54) is 17.9 Å². The summed E-state index contributed by atoms with van der Waals surface area (Å²) < 4.78 is 0. The molecule has 10 heteroatoms. The van der Waals surface area contributed by atoms with Crippen molar-refractivity contribution in [3.63, 3.8) is 0 Å². The average Bonchev–Trinajstić information content (AvgIpc) is 2.86. The van der Waals surface area contributed by atoms with Crippen molar-refractivity contribution in [2.75, 3.05) is 14.1 Å². The van der Waals surface area contributed by atoms with Gasteiger partial charge in [-0.25, -0.2) is 0 Å². The van der Waals surface area contributed by atoms with Crippen LogP contribution in [0.2, 0.25) is 0 Å². The molecule has 0 bridgehead atoms. The molecule has 0 heterocycles. The third-order valence-corrected chi connectivity index (χ3v) is 8.21. The van der Waals surface area contributed by atoms with Crippen LogP contribution in [0.25, 0.3) is 11.1 Å². The molecule has 2 aromatic rings. The number of amides is 1. The fourth-order valence-electron chi connectivity index (χ4n) is 6.41. The van der Waals surface area contributed by atoms with E-state index in [0.29, 0.717) is 22.3 Å². The largest absolute Gasteiger partial charge is 0.510 e. The van der Waals surface area contributed by atoms with Crippen molar-refractivity contribution in [1.29, 1.82) is 0 Å². The summed E-state index contributed by atoms with van der Waals surface area (Å²) in [7, 11) is 3.16. The molecule has 0 spiro atoms. The monoisotopic (exact) mass is 532 g/mol. The van der Waals surface area contributed by atoms with E-state index >= 15 is 0 Å². The molecule has 202 valence electrons. The lowest BCUT2D eigenvalue weighted by Gasteiger charge is -2.50. The molecule has 4 atom stereocenters. The predicted octanol–water partition coefficient (Wildman–Crippen LogP) is 1.99. The van der Waals surface area contributed by atoms with E-state index in [1.54, 1.807) is 44.4 Å². The van der Waals surface area contributed by atoms with Crippen LogP contribution in [0, 0.1) is 11.8 Å². The number of aromatic hydroxyl groups is 1. The minimum absolute atomic E-state index is 0.00410. The number of allylic oxidation sites excluding steroid dienone is 1. The Bertz CT molecular complexity index is 1540. The molecule has 0 saturated carbocycles. The number of Topliss-reactive ketones (excluding diaryl/α,β-unsaturated/α-hetero) is 3. The van der Waals surface area contributed by atoms with Crippen molar-refractivity contribution in [2.45, 2.75) is 31.4 Å². The molecule has 10 nitrogen and oxygen atoms in total. The molecular weight excluding hydrogens is 504 g/mol. The van der Waals surface area contributed by atoms with Gasteiger partial charge in [0.1, 0.15) is 22.8 Å². The molecule has 3 aliphatic rings. The maximum Gasteiger partial charge on any atom is 0.255 e. The Morgan fingerprint density at radius 2 is 1.67 bits per heavy atom. The number of nitrogens with zero attached hydrogens (tertiary/aromatic N) is 1. The van der Waals surface area contributed by atoms with Gasteiger partial charge in [0.25, 0.3) is 5.91 Å². The topological polar surface area (TPSA) is 178 Å². The normalized spacial score (nSPS) is 26.3. The summed E-state index contributed by atoms with van der Waals surface area (Å²) in [6.45, 7) is 1.46. The van der Waals surface area contributed by atoms with Gasteiger partial charge >= 0.3 is 0 Å². The smallest absolute Gasteiger partial charge is 0.255 e. The third kappa shape index (κ3) is 3.63. The molecule has 0 fully saturated rings. The fourth-order valence-corrected chi connectivity index (χ4v) is 6.41. The lowest BCUT2D eigenvalue weighted by molar-refractivity contribution is -0.148. The molecule has 0 aromatic heterocycles. The zero-order valence-corrected chi connectivity index (χ0v) is 21.6. The maximum atomic E-state index is 13.8. The van der Waals surface area contributed by atoms with E-state index in [0.717, 1.165) is 0 Å². The Labute approximate surface area is 223 Å². The second-order valence-electron chi connectivity index (χ2n) is 10.6. The molecular formula is C29H28N2O8. The van der Waals surface area contributed by atoms with Gasteiger partial charge in [-0.15, -0.1) is 0 Å². The first-order chi connectivity index (χ1) is 18.3. The SMILES string of the molecule is CC(=O)c1ccc(-c2ccc(O)c3c2C[C@H]2C[C@@H]4[C@H](N(C)C)C(O)=C(C(N)=O)C(=O)[C@@]4(O)C(O)=C2C3=O)cc1. The zero-order valence-electron chi connectivity index (χ0n) is 21.6. The maximum absolute atomic E-state index is 13.8. The van der Waals surface area contributed by atoms with Crippen LogP contribution in [-0.4, -0.2) is 74.3 Å². The standard InChI is InChI=1S/C29H28N2O8/c1-12(32)13-4-6-14(7-5-13)16-8-9-19(33)21-17(16)10-15-11-18-23(31(2)3)25(35)22(28(30)38)27(37)29(18,39)26(36)20(15)24(21)34/h4-9,15,18,23,33,35-36,39H,10-11H2,1-3H3,(H2,30,38)/t15-,18+,23-,29-/m0/s1. The number of ketones is 3. The number of aliphatic hydroxyl groups excluding tert-OH is 2. The third-order valence-electron chi connectivity index (χ3n) is 8.21. The summed E-state index contributed by atoms with van der Waals surface area (Å²) in [6, 6.07) is 8.78. The van der Waals surface area contributed by atoms with Gasteiger partial charge in [0.05, 0.1) is 11.6 Å². The quantitative estimate of drug-likeness (QED) is 0.291. The number of carbonyl (C=O) groups excluding carboxylic acids is 4. The van der Waals surface area contributed by atoms with Crippen molar-refractivity contribution in [1.82, 2.24) is 4.90 Å². The molecule has 0 unspecified atom stereocenters.